The molecule has 0 aliphatic heterocycles. The first kappa shape index (κ1) is 18.9. The van der Waals surface area contributed by atoms with E-state index in [-0.39, 0.29) is 16.8 Å². The molecule has 140 valence electrons. The van der Waals surface area contributed by atoms with Gasteiger partial charge in [-0.3, -0.25) is 4.79 Å². The number of benzene rings is 2. The highest BCUT2D eigenvalue weighted by atomic mass is 32.1. The van der Waals surface area contributed by atoms with Crippen molar-refractivity contribution in [2.45, 2.75) is 6.18 Å². The summed E-state index contributed by atoms with van der Waals surface area (Å²) in [6.07, 6.45) is -4.05. The lowest BCUT2D eigenvalue weighted by Crippen LogP contribution is -2.18. The summed E-state index contributed by atoms with van der Waals surface area (Å²) in [5.41, 5.74) is -1.94. The van der Waals surface area contributed by atoms with Crippen LogP contribution in [0.3, 0.4) is 0 Å². The Morgan fingerprint density at radius 3 is 2.44 bits per heavy atom. The lowest BCUT2D eigenvalue weighted by atomic mass is 10.0. The Bertz CT molecular complexity index is 1020. The Morgan fingerprint density at radius 2 is 1.78 bits per heavy atom. The summed E-state index contributed by atoms with van der Waals surface area (Å²) < 4.78 is 66.8. The van der Waals surface area contributed by atoms with E-state index in [1.54, 1.807) is 6.07 Å². The minimum Gasteiger partial charge on any atom is -0.321 e. The zero-order chi connectivity index (χ0) is 19.8. The summed E-state index contributed by atoms with van der Waals surface area (Å²) in [7, 11) is 0. The molecule has 0 spiro atoms. The number of nitrogens with one attached hydrogen (secondary N) is 1. The van der Waals surface area contributed by atoms with E-state index in [4.69, 9.17) is 0 Å². The molecular weight excluding hydrogens is 389 g/mol. The maximum atomic E-state index is 14.1. The third-order valence-electron chi connectivity index (χ3n) is 3.61. The van der Waals surface area contributed by atoms with Gasteiger partial charge < -0.3 is 5.32 Å². The second-order valence-electron chi connectivity index (χ2n) is 5.43. The summed E-state index contributed by atoms with van der Waals surface area (Å²) in [6, 6.07) is 8.74. The smallest absolute Gasteiger partial charge is 0.321 e. The molecule has 1 heterocycles. The van der Waals surface area contributed by atoms with Gasteiger partial charge in [-0.1, -0.05) is 18.2 Å². The van der Waals surface area contributed by atoms with Gasteiger partial charge in [0.2, 0.25) is 0 Å². The van der Waals surface area contributed by atoms with Crippen molar-refractivity contribution in [2.75, 3.05) is 5.32 Å². The molecule has 0 aliphatic rings. The Hall–Kier alpha value is -2.88. The molecule has 0 saturated carbocycles. The van der Waals surface area contributed by atoms with E-state index in [0.717, 1.165) is 12.3 Å². The number of amides is 1. The van der Waals surface area contributed by atoms with Crippen molar-refractivity contribution in [1.29, 1.82) is 0 Å². The van der Waals surface area contributed by atoms with Crippen molar-refractivity contribution in [3.63, 3.8) is 0 Å². The van der Waals surface area contributed by atoms with Crippen molar-refractivity contribution in [1.82, 2.24) is 9.19 Å². The molecule has 0 unspecified atom stereocenters. The van der Waals surface area contributed by atoms with Crippen LogP contribution in [0.25, 0.3) is 11.1 Å². The number of alkyl halides is 3. The van der Waals surface area contributed by atoms with E-state index in [9.17, 15) is 26.7 Å². The first-order chi connectivity index (χ1) is 12.7. The predicted molar refractivity (Wildman–Crippen MR) is 91.4 cm³/mol. The predicted octanol–water partition coefficient (Wildman–Crippen LogP) is 4.79. The molecule has 4 nitrogen and oxygen atoms in total. The molecular formula is C17H10F5N3OS. The normalized spacial score (nSPS) is 11.5. The maximum absolute atomic E-state index is 14.1. The van der Waals surface area contributed by atoms with Crippen molar-refractivity contribution < 1.29 is 26.7 Å². The minimum absolute atomic E-state index is 0.0202. The fraction of sp³-hybridized carbons (Fsp3) is 0.0588. The molecule has 1 N–H and O–H groups in total. The number of nitrogens with zero attached hydrogens (tertiary/aromatic N) is 2. The Kier molecular flexibility index (Phi) is 4.92. The number of halogens is 5. The number of hydrogen-bond acceptors (Lipinski definition) is 3. The largest absolute Gasteiger partial charge is 0.436 e. The number of carbonyl (C=O) groups excluding carboxylic acids is 1. The van der Waals surface area contributed by atoms with Crippen LogP contribution in [-0.2, 0) is 6.18 Å². The summed E-state index contributed by atoms with van der Waals surface area (Å²) >= 11 is 3.67. The summed E-state index contributed by atoms with van der Waals surface area (Å²) in [4.78, 5) is 12.4. The number of hydrogen-bond donors (Lipinski definition) is 2. The Labute approximate surface area is 155 Å². The van der Waals surface area contributed by atoms with Crippen LogP contribution < -0.4 is 5.32 Å². The zero-order valence-electron chi connectivity index (χ0n) is 13.3. The van der Waals surface area contributed by atoms with E-state index in [0.29, 0.717) is 10.2 Å². The quantitative estimate of drug-likeness (QED) is 0.491. The summed E-state index contributed by atoms with van der Waals surface area (Å²) in [5, 5.41) is 5.45. The molecule has 2 aromatic carbocycles. The minimum atomic E-state index is -4.86. The lowest BCUT2D eigenvalue weighted by molar-refractivity contribution is -0.141. The Morgan fingerprint density at radius 1 is 1.07 bits per heavy atom. The molecule has 0 aliphatic carbocycles. The van der Waals surface area contributed by atoms with Gasteiger partial charge in [0, 0.05) is 22.9 Å². The van der Waals surface area contributed by atoms with E-state index in [1.165, 1.54) is 24.3 Å². The molecule has 0 fully saturated rings. The number of rotatable bonds is 3. The third kappa shape index (κ3) is 3.95. The highest BCUT2D eigenvalue weighted by Gasteiger charge is 2.39. The van der Waals surface area contributed by atoms with E-state index in [1.807, 2.05) is 0 Å². The fourth-order valence-electron chi connectivity index (χ4n) is 2.46. The van der Waals surface area contributed by atoms with Crippen LogP contribution in [0.1, 0.15) is 16.1 Å². The number of aromatic nitrogens is 2. The van der Waals surface area contributed by atoms with Gasteiger partial charge in [0.15, 0.2) is 5.69 Å². The number of carbonyl (C=O) groups is 1. The van der Waals surface area contributed by atoms with Crippen LogP contribution in [0.15, 0.2) is 48.7 Å². The van der Waals surface area contributed by atoms with Crippen molar-refractivity contribution in [2.24, 2.45) is 0 Å². The first-order valence-electron chi connectivity index (χ1n) is 7.38. The maximum Gasteiger partial charge on any atom is 0.436 e. The highest BCUT2D eigenvalue weighted by molar-refractivity contribution is 7.78. The molecule has 1 aromatic heterocycles. The van der Waals surface area contributed by atoms with Gasteiger partial charge in [0.1, 0.15) is 11.6 Å². The highest BCUT2D eigenvalue weighted by Crippen LogP contribution is 2.33. The molecule has 0 radical (unpaired) electrons. The molecule has 3 aromatic rings. The number of anilines is 1. The molecule has 10 heteroatoms. The van der Waals surface area contributed by atoms with Crippen LogP contribution in [0.4, 0.5) is 27.6 Å². The second kappa shape index (κ2) is 7.03. The number of para-hydroxylation sites is 1. The van der Waals surface area contributed by atoms with Crippen LogP contribution in [0.2, 0.25) is 0 Å². The molecule has 3 rings (SSSR count). The van der Waals surface area contributed by atoms with Crippen molar-refractivity contribution in [3.8, 4) is 11.1 Å². The van der Waals surface area contributed by atoms with Gasteiger partial charge in [-0.2, -0.15) is 18.3 Å². The zero-order valence-corrected chi connectivity index (χ0v) is 14.2. The lowest BCUT2D eigenvalue weighted by Gasteiger charge is -2.12. The molecule has 27 heavy (non-hydrogen) atoms. The van der Waals surface area contributed by atoms with Gasteiger partial charge in [0.25, 0.3) is 5.91 Å². The molecule has 0 saturated heterocycles. The van der Waals surface area contributed by atoms with E-state index >= 15 is 0 Å². The average molecular weight is 399 g/mol. The van der Waals surface area contributed by atoms with Crippen LogP contribution in [-0.4, -0.2) is 15.1 Å². The van der Waals surface area contributed by atoms with Gasteiger partial charge in [-0.25, -0.2) is 12.9 Å². The van der Waals surface area contributed by atoms with Crippen LogP contribution in [0.5, 0.6) is 0 Å². The SMILES string of the molecule is O=C(Nc1ccccc1-c1ccc(F)cc1F)c1cn(S)nc1C(F)(F)F. The van der Waals surface area contributed by atoms with Gasteiger partial charge in [-0.15, -0.1) is 0 Å². The van der Waals surface area contributed by atoms with Gasteiger partial charge in [-0.05, 0) is 31.0 Å². The van der Waals surface area contributed by atoms with E-state index < -0.39 is 35.0 Å². The third-order valence-corrected chi connectivity index (χ3v) is 3.82. The van der Waals surface area contributed by atoms with Gasteiger partial charge >= 0.3 is 6.18 Å². The Balaban J connectivity index is 2.00. The number of thiol groups is 1. The van der Waals surface area contributed by atoms with Crippen LogP contribution >= 0.6 is 12.8 Å². The second-order valence-corrected chi connectivity index (χ2v) is 5.84. The molecule has 0 atom stereocenters. The van der Waals surface area contributed by atoms with Gasteiger partial charge in [0.05, 0.1) is 11.8 Å². The monoisotopic (exact) mass is 399 g/mol. The average Bonchev–Trinajstić information content (AvgIpc) is 2.98. The first-order valence-corrected chi connectivity index (χ1v) is 7.78. The molecule has 1 amide bonds. The van der Waals surface area contributed by atoms with Crippen LogP contribution in [0, 0.1) is 11.6 Å². The summed E-state index contributed by atoms with van der Waals surface area (Å²) in [5.74, 6) is -2.76. The standard InChI is InChI=1S/C17H10F5N3OS/c18-9-5-6-10(13(19)7-9)11-3-1-2-4-14(11)23-16(26)12-8-25(27)24-15(12)17(20,21)22/h1-8,27H,(H,23,26). The summed E-state index contributed by atoms with van der Waals surface area (Å²) in [6.45, 7) is 0. The van der Waals surface area contributed by atoms with Crippen molar-refractivity contribution >= 4 is 24.4 Å². The molecule has 0 bridgehead atoms. The topological polar surface area (TPSA) is 46.9 Å². The fourth-order valence-corrected chi connectivity index (χ4v) is 2.67. The van der Waals surface area contributed by atoms with Crippen molar-refractivity contribution in [3.05, 3.63) is 71.6 Å². The van der Waals surface area contributed by atoms with E-state index in [2.05, 4.69) is 23.2 Å².